The summed E-state index contributed by atoms with van der Waals surface area (Å²) in [4.78, 5) is 12.2. The normalized spacial score (nSPS) is 16.4. The fourth-order valence-corrected chi connectivity index (χ4v) is 2.83. The van der Waals surface area contributed by atoms with E-state index in [4.69, 9.17) is 0 Å². The molecule has 0 aliphatic carbocycles. The van der Waals surface area contributed by atoms with Gasteiger partial charge in [0.25, 0.3) is 0 Å². The number of nitrogens with one attached hydrogen (secondary N) is 2. The average Bonchev–Trinajstić information content (AvgIpc) is 2.90. The van der Waals surface area contributed by atoms with Gasteiger partial charge in [-0.1, -0.05) is 52.3 Å². The van der Waals surface area contributed by atoms with Crippen LogP contribution in [0.1, 0.15) is 11.1 Å². The third-order valence-electron chi connectivity index (χ3n) is 3.50. The molecule has 0 saturated heterocycles. The van der Waals surface area contributed by atoms with E-state index >= 15 is 0 Å². The highest BCUT2D eigenvalue weighted by molar-refractivity contribution is 9.10. The van der Waals surface area contributed by atoms with Crippen LogP contribution in [0.15, 0.2) is 53.0 Å². The van der Waals surface area contributed by atoms with Crippen molar-refractivity contribution in [2.45, 2.75) is 19.0 Å². The van der Waals surface area contributed by atoms with Gasteiger partial charge >= 0.3 is 0 Å². The van der Waals surface area contributed by atoms with Crippen LogP contribution in [0.2, 0.25) is 0 Å². The molecule has 1 amide bonds. The van der Waals surface area contributed by atoms with E-state index < -0.39 is 0 Å². The van der Waals surface area contributed by atoms with E-state index in [0.717, 1.165) is 22.1 Å². The molecule has 2 N–H and O–H groups in total. The highest BCUT2D eigenvalue weighted by Crippen LogP contribution is 2.25. The molecule has 3 nitrogen and oxygen atoms in total. The van der Waals surface area contributed by atoms with Gasteiger partial charge in [0.15, 0.2) is 0 Å². The monoisotopic (exact) mass is 330 g/mol. The first kappa shape index (κ1) is 13.2. The van der Waals surface area contributed by atoms with Gasteiger partial charge in [0, 0.05) is 23.1 Å². The average molecular weight is 331 g/mol. The molecule has 0 unspecified atom stereocenters. The van der Waals surface area contributed by atoms with Gasteiger partial charge in [-0.3, -0.25) is 4.79 Å². The van der Waals surface area contributed by atoms with Gasteiger partial charge in [-0.05, 0) is 23.3 Å². The van der Waals surface area contributed by atoms with Gasteiger partial charge in [-0.15, -0.1) is 0 Å². The molecule has 1 atom stereocenters. The summed E-state index contributed by atoms with van der Waals surface area (Å²) < 4.78 is 1.02. The molecule has 0 fully saturated rings. The summed E-state index contributed by atoms with van der Waals surface area (Å²) in [5.41, 5.74) is 3.35. The minimum Gasteiger partial charge on any atom is -0.373 e. The number of halogens is 1. The van der Waals surface area contributed by atoms with Gasteiger partial charge in [0.2, 0.25) is 5.91 Å². The summed E-state index contributed by atoms with van der Waals surface area (Å²) in [7, 11) is 0. The SMILES string of the molecule is O=C(NCc1ccccc1Br)[C@@H]1Cc2ccccc2N1. The number of hydrogen-bond donors (Lipinski definition) is 2. The molecule has 0 aromatic heterocycles. The van der Waals surface area contributed by atoms with Gasteiger partial charge in [-0.2, -0.15) is 0 Å². The largest absolute Gasteiger partial charge is 0.373 e. The number of rotatable bonds is 3. The zero-order chi connectivity index (χ0) is 13.9. The lowest BCUT2D eigenvalue weighted by Crippen LogP contribution is -2.38. The highest BCUT2D eigenvalue weighted by Gasteiger charge is 2.25. The van der Waals surface area contributed by atoms with Gasteiger partial charge in [-0.25, -0.2) is 0 Å². The topological polar surface area (TPSA) is 41.1 Å². The molecule has 0 bridgehead atoms. The molecule has 3 rings (SSSR count). The fourth-order valence-electron chi connectivity index (χ4n) is 2.40. The first-order chi connectivity index (χ1) is 9.74. The Morgan fingerprint density at radius 2 is 1.95 bits per heavy atom. The lowest BCUT2D eigenvalue weighted by Gasteiger charge is -2.12. The standard InChI is InChI=1S/C16H15BrN2O/c17-13-7-3-1-6-12(13)10-18-16(20)15-9-11-5-2-4-8-14(11)19-15/h1-8,15,19H,9-10H2,(H,18,20)/t15-/m0/s1. The van der Waals surface area contributed by atoms with E-state index in [9.17, 15) is 4.79 Å². The minimum absolute atomic E-state index is 0.0388. The summed E-state index contributed by atoms with van der Waals surface area (Å²) in [6, 6.07) is 15.8. The molecule has 1 aliphatic heterocycles. The van der Waals surface area contributed by atoms with E-state index in [1.54, 1.807) is 0 Å². The molecule has 2 aromatic rings. The number of carbonyl (C=O) groups excluding carboxylic acids is 1. The number of hydrogen-bond acceptors (Lipinski definition) is 2. The molecular formula is C16H15BrN2O. The van der Waals surface area contributed by atoms with Crippen LogP contribution in [0.25, 0.3) is 0 Å². The van der Waals surface area contributed by atoms with Gasteiger partial charge in [0.05, 0.1) is 0 Å². The quantitative estimate of drug-likeness (QED) is 0.907. The Morgan fingerprint density at radius 3 is 2.75 bits per heavy atom. The Morgan fingerprint density at radius 1 is 1.20 bits per heavy atom. The second-order valence-electron chi connectivity index (χ2n) is 4.87. The fraction of sp³-hybridized carbons (Fsp3) is 0.188. The first-order valence-corrected chi connectivity index (χ1v) is 7.39. The maximum absolute atomic E-state index is 12.2. The number of anilines is 1. The van der Waals surface area contributed by atoms with E-state index in [1.165, 1.54) is 5.56 Å². The van der Waals surface area contributed by atoms with Crippen molar-refractivity contribution in [1.82, 2.24) is 5.32 Å². The Labute approximate surface area is 126 Å². The molecule has 0 spiro atoms. The zero-order valence-electron chi connectivity index (χ0n) is 10.9. The molecule has 102 valence electrons. The van der Waals surface area contributed by atoms with Crippen LogP contribution in [-0.2, 0) is 17.8 Å². The van der Waals surface area contributed by atoms with Crippen LogP contribution in [0.3, 0.4) is 0 Å². The molecule has 0 radical (unpaired) electrons. The van der Waals surface area contributed by atoms with Crippen LogP contribution in [0, 0.1) is 0 Å². The van der Waals surface area contributed by atoms with Crippen molar-refractivity contribution in [1.29, 1.82) is 0 Å². The van der Waals surface area contributed by atoms with Crippen molar-refractivity contribution in [3.05, 3.63) is 64.1 Å². The van der Waals surface area contributed by atoms with E-state index in [1.807, 2.05) is 42.5 Å². The predicted octanol–water partition coefficient (Wildman–Crippen LogP) is 3.10. The second-order valence-corrected chi connectivity index (χ2v) is 5.72. The second kappa shape index (κ2) is 5.67. The van der Waals surface area contributed by atoms with Crippen molar-refractivity contribution in [2.24, 2.45) is 0 Å². The molecular weight excluding hydrogens is 316 g/mol. The molecule has 1 heterocycles. The lowest BCUT2D eigenvalue weighted by atomic mass is 10.1. The summed E-state index contributed by atoms with van der Waals surface area (Å²) >= 11 is 3.49. The molecule has 0 saturated carbocycles. The van der Waals surface area contributed by atoms with Crippen LogP contribution in [-0.4, -0.2) is 11.9 Å². The molecule has 20 heavy (non-hydrogen) atoms. The Bertz CT molecular complexity index is 617. The Balaban J connectivity index is 1.61. The van der Waals surface area contributed by atoms with Crippen molar-refractivity contribution in [3.8, 4) is 0 Å². The Kier molecular flexibility index (Phi) is 3.74. The van der Waals surface area contributed by atoms with Crippen LogP contribution < -0.4 is 10.6 Å². The number of fused-ring (bicyclic) bond motifs is 1. The summed E-state index contributed by atoms with van der Waals surface area (Å²) in [6.07, 6.45) is 0.748. The lowest BCUT2D eigenvalue weighted by molar-refractivity contribution is -0.121. The van der Waals surface area contributed by atoms with E-state index in [-0.39, 0.29) is 11.9 Å². The van der Waals surface area contributed by atoms with Crippen LogP contribution in [0.4, 0.5) is 5.69 Å². The van der Waals surface area contributed by atoms with Crippen LogP contribution in [0.5, 0.6) is 0 Å². The van der Waals surface area contributed by atoms with Crippen LogP contribution >= 0.6 is 15.9 Å². The molecule has 4 heteroatoms. The zero-order valence-corrected chi connectivity index (χ0v) is 12.5. The van der Waals surface area contributed by atoms with Crippen molar-refractivity contribution in [3.63, 3.8) is 0 Å². The number of para-hydroxylation sites is 1. The number of carbonyl (C=O) groups is 1. The summed E-state index contributed by atoms with van der Waals surface area (Å²) in [5, 5.41) is 6.25. The highest BCUT2D eigenvalue weighted by atomic mass is 79.9. The third-order valence-corrected chi connectivity index (χ3v) is 4.27. The minimum atomic E-state index is -0.171. The van der Waals surface area contributed by atoms with E-state index in [2.05, 4.69) is 32.6 Å². The van der Waals surface area contributed by atoms with Crippen molar-refractivity contribution >= 4 is 27.5 Å². The molecule has 2 aromatic carbocycles. The van der Waals surface area contributed by atoms with E-state index in [0.29, 0.717) is 6.54 Å². The van der Waals surface area contributed by atoms with Crippen molar-refractivity contribution in [2.75, 3.05) is 5.32 Å². The summed E-state index contributed by atoms with van der Waals surface area (Å²) in [6.45, 7) is 0.536. The molecule has 1 aliphatic rings. The maximum Gasteiger partial charge on any atom is 0.243 e. The number of benzene rings is 2. The third kappa shape index (κ3) is 2.70. The maximum atomic E-state index is 12.2. The summed E-state index contributed by atoms with van der Waals surface area (Å²) in [5.74, 6) is 0.0388. The predicted molar refractivity (Wildman–Crippen MR) is 83.5 cm³/mol. The Hall–Kier alpha value is -1.81. The first-order valence-electron chi connectivity index (χ1n) is 6.59. The van der Waals surface area contributed by atoms with Crippen molar-refractivity contribution < 1.29 is 4.79 Å². The van der Waals surface area contributed by atoms with Gasteiger partial charge in [0.1, 0.15) is 6.04 Å². The number of amides is 1. The van der Waals surface area contributed by atoms with Gasteiger partial charge < -0.3 is 10.6 Å². The smallest absolute Gasteiger partial charge is 0.243 e.